The van der Waals surface area contributed by atoms with Crippen LogP contribution in [0.3, 0.4) is 0 Å². The van der Waals surface area contributed by atoms with Crippen molar-refractivity contribution in [2.75, 3.05) is 5.32 Å². The quantitative estimate of drug-likeness (QED) is 0.831. The van der Waals surface area contributed by atoms with Gasteiger partial charge in [-0.1, -0.05) is 20.8 Å². The predicted molar refractivity (Wildman–Crippen MR) is 89.4 cm³/mol. The van der Waals surface area contributed by atoms with Gasteiger partial charge in [0.15, 0.2) is 0 Å². The number of nitrogens with zero attached hydrogens (tertiary/aromatic N) is 1. The monoisotopic (exact) mass is 332 g/mol. The zero-order valence-corrected chi connectivity index (χ0v) is 14.3. The summed E-state index contributed by atoms with van der Waals surface area (Å²) >= 11 is 1.43. The molecule has 1 aromatic heterocycles. The predicted octanol–water partition coefficient (Wildman–Crippen LogP) is 3.35. The van der Waals surface area contributed by atoms with Crippen molar-refractivity contribution in [3.8, 4) is 6.07 Å². The number of aliphatic carboxylic acids is 1. The van der Waals surface area contributed by atoms with E-state index in [0.717, 1.165) is 41.9 Å². The Kier molecular flexibility index (Phi) is 4.90. The Hall–Kier alpha value is -2.13. The minimum atomic E-state index is -1.18. The number of thiophene rings is 1. The number of rotatable bonds is 3. The lowest BCUT2D eigenvalue weighted by atomic mass is 9.72. The molecule has 1 aromatic rings. The molecule has 0 bridgehead atoms. The van der Waals surface area contributed by atoms with Crippen molar-refractivity contribution < 1.29 is 14.7 Å². The van der Waals surface area contributed by atoms with Crippen molar-refractivity contribution in [1.29, 1.82) is 5.26 Å². The molecule has 1 heterocycles. The molecule has 122 valence electrons. The SMILES string of the molecule is CC(C)(C)[C@@H]1CCc2c(sc(NC(=O)/C=C\C(=O)O)c2C#N)C1. The van der Waals surface area contributed by atoms with Gasteiger partial charge in [0, 0.05) is 17.0 Å². The molecule has 5 nitrogen and oxygen atoms in total. The number of nitrogens with one attached hydrogen (secondary N) is 1. The third kappa shape index (κ3) is 3.99. The molecule has 1 atom stereocenters. The van der Waals surface area contributed by atoms with E-state index in [0.29, 0.717) is 16.5 Å². The van der Waals surface area contributed by atoms with Crippen molar-refractivity contribution in [2.45, 2.75) is 40.0 Å². The summed E-state index contributed by atoms with van der Waals surface area (Å²) in [6, 6.07) is 2.18. The van der Waals surface area contributed by atoms with Crippen molar-refractivity contribution in [2.24, 2.45) is 11.3 Å². The standard InChI is InChI=1S/C17H20N2O3S/c1-17(2,3)10-4-5-11-12(9-18)16(23-13(11)8-10)19-14(20)6-7-15(21)22/h6-7,10H,4-5,8H2,1-3H3,(H,19,20)(H,21,22)/b7-6-/t10-/m1/s1. The van der Waals surface area contributed by atoms with Gasteiger partial charge in [-0.05, 0) is 36.2 Å². The lowest BCUT2D eigenvalue weighted by Gasteiger charge is -2.33. The maximum absolute atomic E-state index is 11.8. The Morgan fingerprint density at radius 1 is 1.39 bits per heavy atom. The first-order valence-corrected chi connectivity index (χ1v) is 8.30. The van der Waals surface area contributed by atoms with Gasteiger partial charge in [-0.3, -0.25) is 4.79 Å². The van der Waals surface area contributed by atoms with Crippen LogP contribution in [0.4, 0.5) is 5.00 Å². The van der Waals surface area contributed by atoms with Gasteiger partial charge < -0.3 is 10.4 Å². The number of nitriles is 1. The summed E-state index contributed by atoms with van der Waals surface area (Å²) in [6.45, 7) is 6.67. The average molecular weight is 332 g/mol. The van der Waals surface area contributed by atoms with Gasteiger partial charge in [-0.25, -0.2) is 4.79 Å². The molecule has 0 aliphatic heterocycles. The van der Waals surface area contributed by atoms with E-state index < -0.39 is 11.9 Å². The summed E-state index contributed by atoms with van der Waals surface area (Å²) in [5, 5.41) is 21.1. The Morgan fingerprint density at radius 2 is 2.09 bits per heavy atom. The molecular formula is C17H20N2O3S. The number of hydrogen-bond donors (Lipinski definition) is 2. The maximum atomic E-state index is 11.8. The fourth-order valence-corrected chi connectivity index (χ4v) is 4.11. The topological polar surface area (TPSA) is 90.2 Å². The number of anilines is 1. The fourth-order valence-electron chi connectivity index (χ4n) is 2.83. The molecular weight excluding hydrogens is 312 g/mol. The van der Waals surface area contributed by atoms with Crippen LogP contribution in [0.5, 0.6) is 0 Å². The van der Waals surface area contributed by atoms with E-state index in [-0.39, 0.29) is 5.41 Å². The molecule has 1 aliphatic rings. The van der Waals surface area contributed by atoms with E-state index in [9.17, 15) is 14.9 Å². The number of amides is 1. The van der Waals surface area contributed by atoms with Crippen molar-refractivity contribution >= 4 is 28.2 Å². The van der Waals surface area contributed by atoms with Crippen LogP contribution in [0.25, 0.3) is 0 Å². The normalized spacial score (nSPS) is 17.6. The van der Waals surface area contributed by atoms with Gasteiger partial charge in [-0.15, -0.1) is 11.3 Å². The van der Waals surface area contributed by atoms with Crippen LogP contribution in [0.15, 0.2) is 12.2 Å². The van der Waals surface area contributed by atoms with Crippen LogP contribution < -0.4 is 5.32 Å². The third-order valence-corrected chi connectivity index (χ3v) is 5.39. The molecule has 23 heavy (non-hydrogen) atoms. The van der Waals surface area contributed by atoms with Crippen LogP contribution in [-0.2, 0) is 22.4 Å². The second-order valence-electron chi connectivity index (χ2n) is 6.79. The molecule has 6 heteroatoms. The number of hydrogen-bond acceptors (Lipinski definition) is 4. The van der Waals surface area contributed by atoms with E-state index in [1.165, 1.54) is 11.3 Å². The molecule has 2 rings (SSSR count). The van der Waals surface area contributed by atoms with Crippen molar-refractivity contribution in [1.82, 2.24) is 0 Å². The summed E-state index contributed by atoms with van der Waals surface area (Å²) in [5.74, 6) is -1.16. The second-order valence-corrected chi connectivity index (χ2v) is 7.89. The lowest BCUT2D eigenvalue weighted by molar-refractivity contribution is -0.131. The van der Waals surface area contributed by atoms with Crippen LogP contribution in [-0.4, -0.2) is 17.0 Å². The van der Waals surface area contributed by atoms with Crippen LogP contribution >= 0.6 is 11.3 Å². The highest BCUT2D eigenvalue weighted by atomic mass is 32.1. The summed E-state index contributed by atoms with van der Waals surface area (Å²) in [7, 11) is 0. The molecule has 0 unspecified atom stereocenters. The van der Waals surface area contributed by atoms with E-state index in [2.05, 4.69) is 32.2 Å². The number of carboxylic acids is 1. The molecule has 0 saturated carbocycles. The van der Waals surface area contributed by atoms with E-state index in [1.54, 1.807) is 0 Å². The highest BCUT2D eigenvalue weighted by Crippen LogP contribution is 2.43. The minimum Gasteiger partial charge on any atom is -0.478 e. The Balaban J connectivity index is 2.24. The number of carboxylic acid groups (broad SMARTS) is 1. The van der Waals surface area contributed by atoms with Crippen LogP contribution in [0.1, 0.15) is 43.2 Å². The minimum absolute atomic E-state index is 0.210. The highest BCUT2D eigenvalue weighted by Gasteiger charge is 2.32. The van der Waals surface area contributed by atoms with Crippen LogP contribution in [0.2, 0.25) is 0 Å². The summed E-state index contributed by atoms with van der Waals surface area (Å²) in [6.07, 6.45) is 4.54. The van der Waals surface area contributed by atoms with Gasteiger partial charge in [-0.2, -0.15) is 5.26 Å². The highest BCUT2D eigenvalue weighted by molar-refractivity contribution is 7.16. The molecule has 2 N–H and O–H groups in total. The smallest absolute Gasteiger partial charge is 0.328 e. The largest absolute Gasteiger partial charge is 0.478 e. The number of fused-ring (bicyclic) bond motifs is 1. The average Bonchev–Trinajstić information content (AvgIpc) is 2.80. The third-order valence-electron chi connectivity index (χ3n) is 4.22. The first-order valence-electron chi connectivity index (χ1n) is 7.49. The van der Waals surface area contributed by atoms with Gasteiger partial charge in [0.1, 0.15) is 11.1 Å². The molecule has 0 aromatic carbocycles. The maximum Gasteiger partial charge on any atom is 0.328 e. The summed E-state index contributed by atoms with van der Waals surface area (Å²) in [4.78, 5) is 23.4. The molecule has 0 fully saturated rings. The van der Waals surface area contributed by atoms with E-state index >= 15 is 0 Å². The first-order chi connectivity index (χ1) is 10.7. The van der Waals surface area contributed by atoms with Crippen molar-refractivity contribution in [3.05, 3.63) is 28.2 Å². The number of carbonyl (C=O) groups excluding carboxylic acids is 1. The zero-order chi connectivity index (χ0) is 17.2. The first kappa shape index (κ1) is 17.2. The summed E-state index contributed by atoms with van der Waals surface area (Å²) in [5.41, 5.74) is 1.77. The molecule has 0 saturated heterocycles. The zero-order valence-electron chi connectivity index (χ0n) is 13.5. The number of carbonyl (C=O) groups is 2. The van der Waals surface area contributed by atoms with E-state index in [4.69, 9.17) is 5.11 Å². The van der Waals surface area contributed by atoms with Gasteiger partial charge in [0.2, 0.25) is 5.91 Å². The molecule has 1 aliphatic carbocycles. The van der Waals surface area contributed by atoms with Gasteiger partial charge >= 0.3 is 5.97 Å². The van der Waals surface area contributed by atoms with Crippen molar-refractivity contribution in [3.63, 3.8) is 0 Å². The van der Waals surface area contributed by atoms with Gasteiger partial charge in [0.25, 0.3) is 0 Å². The molecule has 0 radical (unpaired) electrons. The Morgan fingerprint density at radius 3 is 2.65 bits per heavy atom. The molecule has 1 amide bonds. The second kappa shape index (κ2) is 6.55. The Labute approximate surface area is 139 Å². The van der Waals surface area contributed by atoms with E-state index in [1.807, 2.05) is 0 Å². The fraction of sp³-hybridized carbons (Fsp3) is 0.471. The Bertz CT molecular complexity index is 705. The lowest BCUT2D eigenvalue weighted by Crippen LogP contribution is -2.26. The van der Waals surface area contributed by atoms with Gasteiger partial charge in [0.05, 0.1) is 5.56 Å². The molecule has 0 spiro atoms. The summed E-state index contributed by atoms with van der Waals surface area (Å²) < 4.78 is 0. The van der Waals surface area contributed by atoms with Crippen LogP contribution in [0, 0.1) is 22.7 Å².